The van der Waals surface area contributed by atoms with Crippen LogP contribution in [0, 0.1) is 5.41 Å². The van der Waals surface area contributed by atoms with Gasteiger partial charge in [-0.3, -0.25) is 10.1 Å². The second kappa shape index (κ2) is 9.88. The van der Waals surface area contributed by atoms with Crippen molar-refractivity contribution in [2.24, 2.45) is 10.4 Å². The number of hydrogen-bond acceptors (Lipinski definition) is 4. The summed E-state index contributed by atoms with van der Waals surface area (Å²) in [6, 6.07) is 16.2. The lowest BCUT2D eigenvalue weighted by Crippen LogP contribution is -2.46. The molecule has 1 fully saturated rings. The van der Waals surface area contributed by atoms with Gasteiger partial charge in [-0.25, -0.2) is 9.48 Å². The average molecular weight is 496 g/mol. The maximum absolute atomic E-state index is 13.3. The van der Waals surface area contributed by atoms with Gasteiger partial charge in [0.25, 0.3) is 5.91 Å². The van der Waals surface area contributed by atoms with Crippen LogP contribution in [-0.2, 0) is 21.7 Å². The van der Waals surface area contributed by atoms with E-state index in [4.69, 9.17) is 4.74 Å². The Morgan fingerprint density at radius 2 is 1.81 bits per heavy atom. The fourth-order valence-electron chi connectivity index (χ4n) is 4.17. The molecule has 8 nitrogen and oxygen atoms in total. The van der Waals surface area contributed by atoms with Gasteiger partial charge in [-0.15, -0.1) is 4.99 Å². The molecule has 1 saturated heterocycles. The highest BCUT2D eigenvalue weighted by molar-refractivity contribution is 6.11. The third-order valence-corrected chi connectivity index (χ3v) is 5.67. The van der Waals surface area contributed by atoms with E-state index in [0.717, 1.165) is 5.56 Å². The molecule has 1 atom stereocenters. The summed E-state index contributed by atoms with van der Waals surface area (Å²) in [5, 5.41) is 9.44. The summed E-state index contributed by atoms with van der Waals surface area (Å²) >= 11 is 0. The maximum atomic E-state index is 13.3. The summed E-state index contributed by atoms with van der Waals surface area (Å²) in [4.78, 5) is 29.5. The molecule has 4 rings (SSSR count). The molecule has 1 aliphatic heterocycles. The topological polar surface area (TPSA) is 97.6 Å². The van der Waals surface area contributed by atoms with Gasteiger partial charge in [0.1, 0.15) is 12.1 Å². The van der Waals surface area contributed by atoms with E-state index < -0.39 is 18.2 Å². The van der Waals surface area contributed by atoms with Crippen molar-refractivity contribution in [2.75, 3.05) is 0 Å². The van der Waals surface area contributed by atoms with Crippen LogP contribution >= 0.6 is 0 Å². The fourth-order valence-corrected chi connectivity index (χ4v) is 4.17. The number of alkyl halides is 2. The third kappa shape index (κ3) is 5.59. The van der Waals surface area contributed by atoms with E-state index in [1.165, 1.54) is 12.4 Å². The van der Waals surface area contributed by atoms with Crippen molar-refractivity contribution in [2.45, 2.75) is 45.9 Å². The van der Waals surface area contributed by atoms with E-state index in [1.54, 1.807) is 24.3 Å². The maximum Gasteiger partial charge on any atom is 0.437 e. The quantitative estimate of drug-likeness (QED) is 0.502. The summed E-state index contributed by atoms with van der Waals surface area (Å²) in [5.41, 5.74) is 1.19. The Kier molecular flexibility index (Phi) is 6.87. The number of aromatic nitrogens is 2. The molecule has 0 bridgehead atoms. The smallest absolute Gasteiger partial charge is 0.437 e. The van der Waals surface area contributed by atoms with E-state index in [0.29, 0.717) is 27.8 Å². The molecule has 0 spiro atoms. The molecule has 36 heavy (non-hydrogen) atoms. The SMILES string of the molecule is CC(C)(C)C[C@]1(c2ccc(-c3cnn(C(F)F)c3)cc2)NC(=NC(=O)OCc2ccccc2)NC1=O. The van der Waals surface area contributed by atoms with Gasteiger partial charge in [0.05, 0.1) is 6.20 Å². The molecule has 1 aromatic heterocycles. The second-order valence-corrected chi connectivity index (χ2v) is 9.79. The molecule has 0 aliphatic carbocycles. The zero-order valence-corrected chi connectivity index (χ0v) is 20.2. The Labute approximate surface area is 207 Å². The van der Waals surface area contributed by atoms with Crippen LogP contribution in [0.3, 0.4) is 0 Å². The fraction of sp³-hybridized carbons (Fsp3) is 0.308. The lowest BCUT2D eigenvalue weighted by Gasteiger charge is -2.33. The first-order valence-corrected chi connectivity index (χ1v) is 11.4. The van der Waals surface area contributed by atoms with Crippen molar-refractivity contribution < 1.29 is 23.1 Å². The summed E-state index contributed by atoms with van der Waals surface area (Å²) in [6.07, 6.45) is 2.18. The number of nitrogens with zero attached hydrogens (tertiary/aromatic N) is 3. The second-order valence-electron chi connectivity index (χ2n) is 9.79. The highest BCUT2D eigenvalue weighted by Gasteiger charge is 2.49. The van der Waals surface area contributed by atoms with Crippen molar-refractivity contribution in [3.8, 4) is 11.1 Å². The molecule has 2 amide bonds. The largest absolute Gasteiger partial charge is 0.443 e. The van der Waals surface area contributed by atoms with Gasteiger partial charge in [-0.05, 0) is 28.5 Å². The molecule has 0 saturated carbocycles. The first-order valence-electron chi connectivity index (χ1n) is 11.4. The molecule has 1 aliphatic rings. The number of rotatable bonds is 6. The van der Waals surface area contributed by atoms with Crippen LogP contribution in [0.25, 0.3) is 11.1 Å². The molecule has 3 aromatic rings. The van der Waals surface area contributed by atoms with Crippen LogP contribution in [0.15, 0.2) is 72.0 Å². The third-order valence-electron chi connectivity index (χ3n) is 5.67. The Bertz CT molecular complexity index is 1270. The number of aliphatic imine (C=N–C) groups is 1. The van der Waals surface area contributed by atoms with Gasteiger partial charge in [0.2, 0.25) is 5.96 Å². The predicted molar refractivity (Wildman–Crippen MR) is 130 cm³/mol. The molecular formula is C26H27F2N5O3. The van der Waals surface area contributed by atoms with Crippen molar-refractivity contribution >= 4 is 18.0 Å². The highest BCUT2D eigenvalue weighted by Crippen LogP contribution is 2.38. The molecule has 0 radical (unpaired) electrons. The minimum atomic E-state index is -2.73. The summed E-state index contributed by atoms with van der Waals surface area (Å²) in [6.45, 7) is 3.33. The first-order chi connectivity index (χ1) is 17.1. The average Bonchev–Trinajstić information content (AvgIpc) is 3.43. The van der Waals surface area contributed by atoms with Crippen molar-refractivity contribution in [1.29, 1.82) is 0 Å². The lowest BCUT2D eigenvalue weighted by atomic mass is 9.75. The normalized spacial score (nSPS) is 18.8. The number of carbonyl (C=O) groups excluding carboxylic acids is 2. The number of amides is 2. The first kappa shape index (κ1) is 25.0. The lowest BCUT2D eigenvalue weighted by molar-refractivity contribution is -0.125. The van der Waals surface area contributed by atoms with Crippen LogP contribution in [0.4, 0.5) is 13.6 Å². The summed E-state index contributed by atoms with van der Waals surface area (Å²) in [5.74, 6) is -0.352. The zero-order chi connectivity index (χ0) is 25.9. The van der Waals surface area contributed by atoms with Crippen LogP contribution in [-0.4, -0.2) is 27.7 Å². The minimum absolute atomic E-state index is 0.00426. The van der Waals surface area contributed by atoms with Gasteiger partial charge in [0, 0.05) is 11.8 Å². The van der Waals surface area contributed by atoms with Crippen molar-refractivity contribution in [3.05, 3.63) is 78.1 Å². The van der Waals surface area contributed by atoms with E-state index >= 15 is 0 Å². The number of ether oxygens (including phenoxy) is 1. The standard InChI is InChI=1S/C26H27F2N5O3/c1-25(2,3)16-26(20-11-9-18(10-12-20)19-13-29-33(14-19)22(27)28)21(34)30-23(32-26)31-24(35)36-15-17-7-5-4-6-8-17/h4-14,22H,15-16H2,1-3H3,(H2,30,31,32,34,35)/t26-/m1/s1. The number of halogens is 2. The molecule has 2 heterocycles. The van der Waals surface area contributed by atoms with Crippen LogP contribution in [0.2, 0.25) is 0 Å². The summed E-state index contributed by atoms with van der Waals surface area (Å²) in [7, 11) is 0. The van der Waals surface area contributed by atoms with Gasteiger partial charge >= 0.3 is 12.6 Å². The Balaban J connectivity index is 1.57. The van der Waals surface area contributed by atoms with E-state index in [9.17, 15) is 18.4 Å². The Morgan fingerprint density at radius 3 is 2.42 bits per heavy atom. The Morgan fingerprint density at radius 1 is 1.11 bits per heavy atom. The molecule has 0 unspecified atom stereocenters. The van der Waals surface area contributed by atoms with Gasteiger partial charge in [-0.2, -0.15) is 13.9 Å². The number of benzene rings is 2. The molecule has 10 heteroatoms. The van der Waals surface area contributed by atoms with Gasteiger partial charge in [0.15, 0.2) is 0 Å². The van der Waals surface area contributed by atoms with Crippen LogP contribution in [0.5, 0.6) is 0 Å². The minimum Gasteiger partial charge on any atom is -0.443 e. The number of hydrogen-bond donors (Lipinski definition) is 2. The van der Waals surface area contributed by atoms with Crippen molar-refractivity contribution in [3.63, 3.8) is 0 Å². The van der Waals surface area contributed by atoms with Crippen LogP contribution < -0.4 is 10.6 Å². The van der Waals surface area contributed by atoms with Crippen molar-refractivity contribution in [1.82, 2.24) is 20.4 Å². The number of nitrogens with one attached hydrogen (secondary N) is 2. The number of carbonyl (C=O) groups is 2. The summed E-state index contributed by atoms with van der Waals surface area (Å²) < 4.78 is 31.5. The monoisotopic (exact) mass is 495 g/mol. The van der Waals surface area contributed by atoms with Gasteiger partial charge in [-0.1, -0.05) is 75.4 Å². The molecule has 2 aromatic carbocycles. The Hall–Kier alpha value is -4.08. The van der Waals surface area contributed by atoms with E-state index in [2.05, 4.69) is 20.7 Å². The zero-order valence-electron chi connectivity index (χ0n) is 20.2. The molecular weight excluding hydrogens is 468 g/mol. The van der Waals surface area contributed by atoms with Crippen LogP contribution in [0.1, 0.15) is 44.9 Å². The van der Waals surface area contributed by atoms with E-state index in [1.807, 2.05) is 51.1 Å². The predicted octanol–water partition coefficient (Wildman–Crippen LogP) is 4.99. The highest BCUT2D eigenvalue weighted by atomic mass is 19.3. The molecule has 2 N–H and O–H groups in total. The van der Waals surface area contributed by atoms with E-state index in [-0.39, 0.29) is 23.9 Å². The number of guanidine groups is 1. The molecule has 188 valence electrons. The van der Waals surface area contributed by atoms with Gasteiger partial charge < -0.3 is 10.1 Å².